The first-order valence-electron chi connectivity index (χ1n) is 7.92. The van der Waals surface area contributed by atoms with Crippen molar-refractivity contribution >= 4 is 5.91 Å². The van der Waals surface area contributed by atoms with E-state index in [-0.39, 0.29) is 24.4 Å². The molecule has 0 unspecified atom stereocenters. The summed E-state index contributed by atoms with van der Waals surface area (Å²) in [6, 6.07) is 0. The summed E-state index contributed by atoms with van der Waals surface area (Å²) in [6.45, 7) is -0.561. The molecule has 4 aliphatic carbocycles. The van der Waals surface area contributed by atoms with Crippen molar-refractivity contribution in [2.75, 3.05) is 19.6 Å². The van der Waals surface area contributed by atoms with Crippen LogP contribution in [0.4, 0.5) is 13.2 Å². The minimum Gasteiger partial charge on any atom is -0.354 e. The van der Waals surface area contributed by atoms with Crippen molar-refractivity contribution in [1.29, 1.82) is 0 Å². The third-order valence-corrected chi connectivity index (χ3v) is 5.43. The van der Waals surface area contributed by atoms with Gasteiger partial charge in [0.1, 0.15) is 0 Å². The molecule has 4 saturated carbocycles. The van der Waals surface area contributed by atoms with Gasteiger partial charge in [-0.3, -0.25) is 4.79 Å². The molecule has 0 spiro atoms. The molecular weight excluding hydrogens is 281 g/mol. The van der Waals surface area contributed by atoms with Crippen LogP contribution >= 0.6 is 0 Å². The molecule has 0 atom stereocenters. The van der Waals surface area contributed by atoms with Crippen LogP contribution in [0.3, 0.4) is 0 Å². The molecule has 120 valence electrons. The van der Waals surface area contributed by atoms with Crippen LogP contribution in [0.5, 0.6) is 0 Å². The van der Waals surface area contributed by atoms with Gasteiger partial charge in [-0.1, -0.05) is 0 Å². The molecule has 4 fully saturated rings. The smallest absolute Gasteiger partial charge is 0.354 e. The van der Waals surface area contributed by atoms with Crippen molar-refractivity contribution in [3.05, 3.63) is 0 Å². The lowest BCUT2D eigenvalue weighted by Crippen LogP contribution is -2.54. The van der Waals surface area contributed by atoms with Gasteiger partial charge in [-0.15, -0.1) is 0 Å². The molecule has 0 heterocycles. The molecule has 0 aromatic heterocycles. The van der Waals surface area contributed by atoms with Crippen molar-refractivity contribution in [1.82, 2.24) is 10.6 Å². The number of rotatable bonds is 5. The molecule has 0 aliphatic heterocycles. The largest absolute Gasteiger partial charge is 0.401 e. The SMILES string of the molecule is O=C(NCCNCC(F)(F)F)C12CC3CC(CC(C3)C1)C2. The first-order chi connectivity index (χ1) is 9.86. The van der Waals surface area contributed by atoms with Crippen LogP contribution in [0, 0.1) is 23.2 Å². The van der Waals surface area contributed by atoms with E-state index in [1.165, 1.54) is 19.3 Å². The lowest BCUT2D eigenvalue weighted by Gasteiger charge is -2.55. The number of halogens is 3. The van der Waals surface area contributed by atoms with Gasteiger partial charge in [0, 0.05) is 18.5 Å². The zero-order valence-corrected chi connectivity index (χ0v) is 12.1. The first-order valence-corrected chi connectivity index (χ1v) is 7.92. The van der Waals surface area contributed by atoms with Gasteiger partial charge in [0.15, 0.2) is 0 Å². The van der Waals surface area contributed by atoms with Crippen LogP contribution < -0.4 is 10.6 Å². The highest BCUT2D eigenvalue weighted by Gasteiger charge is 2.54. The minimum atomic E-state index is -4.19. The van der Waals surface area contributed by atoms with Gasteiger partial charge >= 0.3 is 6.18 Å². The molecule has 3 nitrogen and oxygen atoms in total. The van der Waals surface area contributed by atoms with Crippen molar-refractivity contribution in [2.24, 2.45) is 23.2 Å². The minimum absolute atomic E-state index is 0.0791. The fourth-order valence-electron chi connectivity index (χ4n) is 5.07. The van der Waals surface area contributed by atoms with Gasteiger partial charge in [0.2, 0.25) is 5.91 Å². The fraction of sp³-hybridized carbons (Fsp3) is 0.933. The molecule has 4 bridgehead atoms. The summed E-state index contributed by atoms with van der Waals surface area (Å²) in [6.07, 6.45) is 2.60. The number of carbonyl (C=O) groups is 1. The van der Waals surface area contributed by atoms with E-state index in [0.29, 0.717) is 17.8 Å². The number of nitrogens with one attached hydrogen (secondary N) is 2. The van der Waals surface area contributed by atoms with E-state index in [0.717, 1.165) is 19.3 Å². The highest BCUT2D eigenvalue weighted by Crippen LogP contribution is 2.60. The maximum atomic E-state index is 12.5. The molecule has 0 radical (unpaired) electrons. The predicted molar refractivity (Wildman–Crippen MR) is 72.5 cm³/mol. The molecule has 0 aromatic rings. The van der Waals surface area contributed by atoms with Gasteiger partial charge in [-0.25, -0.2) is 0 Å². The second-order valence-corrected chi connectivity index (χ2v) is 7.25. The van der Waals surface area contributed by atoms with E-state index < -0.39 is 12.7 Å². The van der Waals surface area contributed by atoms with Crippen molar-refractivity contribution in [3.8, 4) is 0 Å². The summed E-state index contributed by atoms with van der Waals surface area (Å²) < 4.78 is 36.0. The summed E-state index contributed by atoms with van der Waals surface area (Å²) in [7, 11) is 0. The van der Waals surface area contributed by atoms with Gasteiger partial charge in [0.05, 0.1) is 6.54 Å². The van der Waals surface area contributed by atoms with E-state index in [4.69, 9.17) is 0 Å². The van der Waals surface area contributed by atoms with Crippen LogP contribution in [0.1, 0.15) is 38.5 Å². The molecule has 21 heavy (non-hydrogen) atoms. The zero-order valence-electron chi connectivity index (χ0n) is 12.1. The lowest BCUT2D eigenvalue weighted by atomic mass is 9.49. The lowest BCUT2D eigenvalue weighted by molar-refractivity contribution is -0.146. The summed E-state index contributed by atoms with van der Waals surface area (Å²) in [5.74, 6) is 2.18. The predicted octanol–water partition coefficient (Wildman–Crippen LogP) is 2.47. The molecular formula is C15H23F3N2O. The Morgan fingerprint density at radius 1 is 1.00 bits per heavy atom. The molecule has 0 saturated heterocycles. The van der Waals surface area contributed by atoms with Crippen LogP contribution in [-0.2, 0) is 4.79 Å². The highest BCUT2D eigenvalue weighted by atomic mass is 19.4. The molecule has 4 rings (SSSR count). The standard InChI is InChI=1S/C15H23F3N2O/c16-15(17,18)9-19-1-2-20-13(21)14-6-10-3-11(7-14)5-12(4-10)8-14/h10-12,19H,1-9H2,(H,20,21). The topological polar surface area (TPSA) is 41.1 Å². The average Bonchev–Trinajstić information content (AvgIpc) is 2.35. The van der Waals surface area contributed by atoms with Gasteiger partial charge < -0.3 is 10.6 Å². The van der Waals surface area contributed by atoms with Crippen molar-refractivity contribution in [3.63, 3.8) is 0 Å². The Kier molecular flexibility index (Phi) is 3.93. The monoisotopic (exact) mass is 304 g/mol. The maximum absolute atomic E-state index is 12.5. The Bertz CT molecular complexity index is 373. The van der Waals surface area contributed by atoms with Crippen LogP contribution in [0.2, 0.25) is 0 Å². The highest BCUT2D eigenvalue weighted by molar-refractivity contribution is 5.83. The number of hydrogen-bond donors (Lipinski definition) is 2. The van der Waals surface area contributed by atoms with Crippen LogP contribution in [-0.4, -0.2) is 31.7 Å². The number of alkyl halides is 3. The van der Waals surface area contributed by atoms with E-state index in [9.17, 15) is 18.0 Å². The molecule has 6 heteroatoms. The number of amides is 1. The summed E-state index contributed by atoms with van der Waals surface area (Å²) in [5.41, 5.74) is -0.210. The second kappa shape index (κ2) is 5.45. The average molecular weight is 304 g/mol. The fourth-order valence-corrected chi connectivity index (χ4v) is 5.07. The zero-order chi connectivity index (χ0) is 15.1. The van der Waals surface area contributed by atoms with Crippen LogP contribution in [0.15, 0.2) is 0 Å². The van der Waals surface area contributed by atoms with Crippen molar-refractivity contribution in [2.45, 2.75) is 44.7 Å². The summed E-state index contributed by atoms with van der Waals surface area (Å²) in [4.78, 5) is 12.5. The molecule has 2 N–H and O–H groups in total. The molecule has 1 amide bonds. The maximum Gasteiger partial charge on any atom is 0.401 e. The first kappa shape index (κ1) is 15.1. The van der Waals surface area contributed by atoms with Crippen LogP contribution in [0.25, 0.3) is 0 Å². The van der Waals surface area contributed by atoms with Gasteiger partial charge in [0.25, 0.3) is 0 Å². The molecule has 0 aromatic carbocycles. The summed E-state index contributed by atoms with van der Waals surface area (Å²) in [5, 5.41) is 5.17. The number of carbonyl (C=O) groups excluding carboxylic acids is 1. The van der Waals surface area contributed by atoms with E-state index in [2.05, 4.69) is 10.6 Å². The van der Waals surface area contributed by atoms with Gasteiger partial charge in [-0.05, 0) is 56.3 Å². The normalized spacial score (nSPS) is 37.8. The Labute approximate surface area is 123 Å². The van der Waals surface area contributed by atoms with E-state index >= 15 is 0 Å². The second-order valence-electron chi connectivity index (χ2n) is 7.25. The summed E-state index contributed by atoms with van der Waals surface area (Å²) >= 11 is 0. The Hall–Kier alpha value is -0.780. The van der Waals surface area contributed by atoms with E-state index in [1.807, 2.05) is 0 Å². The van der Waals surface area contributed by atoms with Gasteiger partial charge in [-0.2, -0.15) is 13.2 Å². The third kappa shape index (κ3) is 3.35. The third-order valence-electron chi connectivity index (χ3n) is 5.43. The van der Waals surface area contributed by atoms with Crippen molar-refractivity contribution < 1.29 is 18.0 Å². The Balaban J connectivity index is 1.45. The molecule has 4 aliphatic rings. The van der Waals surface area contributed by atoms with E-state index in [1.54, 1.807) is 0 Å². The quantitative estimate of drug-likeness (QED) is 0.766. The Morgan fingerprint density at radius 3 is 2.00 bits per heavy atom. The number of hydrogen-bond acceptors (Lipinski definition) is 2. The Morgan fingerprint density at radius 2 is 1.52 bits per heavy atom.